The largest absolute Gasteiger partial charge is 0.434 e. The number of carbonyl (C=O) groups is 2. The molecule has 2 rings (SSSR count). The molecule has 1 aromatic rings. The Morgan fingerprint density at radius 2 is 2.09 bits per heavy atom. The molecule has 1 unspecified atom stereocenters. The number of allylic oxidation sites excluding steroid dienone is 1. The number of halogens is 2. The number of amides is 2. The molecule has 1 saturated heterocycles. The molecule has 7 heteroatoms. The molecule has 1 atom stereocenters. The van der Waals surface area contributed by atoms with Gasteiger partial charge in [-0.05, 0) is 31.4 Å². The molecule has 0 aliphatic carbocycles. The number of nitrogens with two attached hydrogens (primary N) is 1. The Morgan fingerprint density at radius 1 is 1.39 bits per heavy atom. The SMILES string of the molecule is CC(=CC(=O)N1CCCC1C(N)=O)c1ccccc1OC(F)F. The summed E-state index contributed by atoms with van der Waals surface area (Å²) >= 11 is 0. The smallest absolute Gasteiger partial charge is 0.387 e. The molecule has 23 heavy (non-hydrogen) atoms. The monoisotopic (exact) mass is 324 g/mol. The lowest BCUT2D eigenvalue weighted by Gasteiger charge is -2.21. The predicted molar refractivity (Wildman–Crippen MR) is 80.7 cm³/mol. The Hall–Kier alpha value is -2.44. The van der Waals surface area contributed by atoms with Crippen molar-refractivity contribution >= 4 is 17.4 Å². The van der Waals surface area contributed by atoms with Crippen LogP contribution >= 0.6 is 0 Å². The minimum Gasteiger partial charge on any atom is -0.434 e. The summed E-state index contributed by atoms with van der Waals surface area (Å²) in [4.78, 5) is 25.1. The first-order valence-corrected chi connectivity index (χ1v) is 7.22. The van der Waals surface area contributed by atoms with E-state index in [2.05, 4.69) is 4.74 Å². The highest BCUT2D eigenvalue weighted by molar-refractivity contribution is 5.98. The van der Waals surface area contributed by atoms with Gasteiger partial charge in [-0.2, -0.15) is 8.78 Å². The van der Waals surface area contributed by atoms with Crippen molar-refractivity contribution in [1.82, 2.24) is 4.90 Å². The molecule has 2 amide bonds. The van der Waals surface area contributed by atoms with Gasteiger partial charge in [0.15, 0.2) is 0 Å². The normalized spacial score (nSPS) is 18.3. The van der Waals surface area contributed by atoms with E-state index in [0.29, 0.717) is 30.5 Å². The van der Waals surface area contributed by atoms with Crippen LogP contribution in [-0.4, -0.2) is 35.9 Å². The molecule has 1 aliphatic heterocycles. The zero-order chi connectivity index (χ0) is 17.0. The number of likely N-dealkylation sites (tertiary alicyclic amines) is 1. The van der Waals surface area contributed by atoms with Gasteiger partial charge in [-0.25, -0.2) is 0 Å². The summed E-state index contributed by atoms with van der Waals surface area (Å²) in [6.07, 6.45) is 2.56. The lowest BCUT2D eigenvalue weighted by atomic mass is 10.1. The van der Waals surface area contributed by atoms with Crippen LogP contribution in [0.5, 0.6) is 5.75 Å². The van der Waals surface area contributed by atoms with Crippen LogP contribution in [0.3, 0.4) is 0 Å². The van der Waals surface area contributed by atoms with Crippen LogP contribution in [-0.2, 0) is 9.59 Å². The first-order valence-electron chi connectivity index (χ1n) is 7.22. The van der Waals surface area contributed by atoms with E-state index < -0.39 is 18.6 Å². The average molecular weight is 324 g/mol. The van der Waals surface area contributed by atoms with Gasteiger partial charge in [0.1, 0.15) is 11.8 Å². The van der Waals surface area contributed by atoms with Crippen LogP contribution in [0.2, 0.25) is 0 Å². The van der Waals surface area contributed by atoms with E-state index in [-0.39, 0.29) is 11.7 Å². The van der Waals surface area contributed by atoms with E-state index in [9.17, 15) is 18.4 Å². The van der Waals surface area contributed by atoms with E-state index in [1.54, 1.807) is 25.1 Å². The first kappa shape index (κ1) is 16.9. The Morgan fingerprint density at radius 3 is 2.74 bits per heavy atom. The number of para-hydroxylation sites is 1. The number of nitrogens with zero attached hydrogens (tertiary/aromatic N) is 1. The summed E-state index contributed by atoms with van der Waals surface area (Å²) in [6.45, 7) is -0.871. The molecule has 124 valence electrons. The Balaban J connectivity index is 2.22. The Bertz CT molecular complexity index is 632. The zero-order valence-corrected chi connectivity index (χ0v) is 12.7. The van der Waals surface area contributed by atoms with Crippen molar-refractivity contribution in [2.45, 2.75) is 32.4 Å². The van der Waals surface area contributed by atoms with Gasteiger partial charge >= 0.3 is 6.61 Å². The summed E-state index contributed by atoms with van der Waals surface area (Å²) in [7, 11) is 0. The highest BCUT2D eigenvalue weighted by Crippen LogP contribution is 2.27. The van der Waals surface area contributed by atoms with E-state index in [1.807, 2.05) is 0 Å². The molecule has 1 aromatic carbocycles. The standard InChI is InChI=1S/C16H18F2N2O3/c1-10(11-5-2-3-7-13(11)23-16(17)18)9-14(21)20-8-4-6-12(20)15(19)22/h2-3,5,7,9,12,16H,4,6,8H2,1H3,(H2,19,22). The van der Waals surface area contributed by atoms with E-state index >= 15 is 0 Å². The van der Waals surface area contributed by atoms with Crippen molar-refractivity contribution < 1.29 is 23.1 Å². The maximum Gasteiger partial charge on any atom is 0.387 e. The van der Waals surface area contributed by atoms with Crippen molar-refractivity contribution in [2.75, 3.05) is 6.54 Å². The third-order valence-corrected chi connectivity index (χ3v) is 3.73. The molecule has 1 heterocycles. The molecule has 2 N–H and O–H groups in total. The topological polar surface area (TPSA) is 72.6 Å². The Kier molecular flexibility index (Phi) is 5.31. The van der Waals surface area contributed by atoms with Crippen molar-refractivity contribution in [3.05, 3.63) is 35.9 Å². The van der Waals surface area contributed by atoms with Crippen LogP contribution < -0.4 is 10.5 Å². The number of primary amides is 1. The highest BCUT2D eigenvalue weighted by atomic mass is 19.3. The van der Waals surface area contributed by atoms with Gasteiger partial charge in [-0.1, -0.05) is 18.2 Å². The minimum atomic E-state index is -2.95. The summed E-state index contributed by atoms with van der Waals surface area (Å²) in [5, 5.41) is 0. The quantitative estimate of drug-likeness (QED) is 0.844. The molecule has 0 saturated carbocycles. The third kappa shape index (κ3) is 4.06. The van der Waals surface area contributed by atoms with Gasteiger partial charge < -0.3 is 15.4 Å². The number of hydrogen-bond donors (Lipinski definition) is 1. The molecule has 1 fully saturated rings. The second-order valence-electron chi connectivity index (χ2n) is 5.29. The van der Waals surface area contributed by atoms with E-state index in [1.165, 1.54) is 17.0 Å². The van der Waals surface area contributed by atoms with Crippen LogP contribution in [0.15, 0.2) is 30.3 Å². The maximum absolute atomic E-state index is 12.4. The molecule has 0 aromatic heterocycles. The van der Waals surface area contributed by atoms with Gasteiger partial charge in [0.25, 0.3) is 0 Å². The van der Waals surface area contributed by atoms with Gasteiger partial charge in [0.05, 0.1) is 0 Å². The predicted octanol–water partition coefficient (Wildman–Crippen LogP) is 2.17. The second-order valence-corrected chi connectivity index (χ2v) is 5.29. The summed E-state index contributed by atoms with van der Waals surface area (Å²) < 4.78 is 29.3. The first-order chi connectivity index (χ1) is 10.9. The summed E-state index contributed by atoms with van der Waals surface area (Å²) in [5.74, 6) is -0.907. The fraction of sp³-hybridized carbons (Fsp3) is 0.375. The number of hydrogen-bond acceptors (Lipinski definition) is 3. The third-order valence-electron chi connectivity index (χ3n) is 3.73. The molecule has 0 bridgehead atoms. The molecular weight excluding hydrogens is 306 g/mol. The van der Waals surface area contributed by atoms with Crippen molar-refractivity contribution in [1.29, 1.82) is 0 Å². The van der Waals surface area contributed by atoms with E-state index in [4.69, 9.17) is 5.73 Å². The maximum atomic E-state index is 12.4. The van der Waals surface area contributed by atoms with Crippen molar-refractivity contribution in [3.8, 4) is 5.75 Å². The number of carbonyl (C=O) groups excluding carboxylic acids is 2. The van der Waals surface area contributed by atoms with E-state index in [0.717, 1.165) is 0 Å². The Labute approximate surface area is 132 Å². The van der Waals surface area contributed by atoms with Crippen LogP contribution in [0, 0.1) is 0 Å². The molecule has 0 radical (unpaired) electrons. The summed E-state index contributed by atoms with van der Waals surface area (Å²) in [5.41, 5.74) is 6.16. The fourth-order valence-corrected chi connectivity index (χ4v) is 2.66. The van der Waals surface area contributed by atoms with Crippen LogP contribution in [0.1, 0.15) is 25.3 Å². The molecule has 1 aliphatic rings. The lowest BCUT2D eigenvalue weighted by Crippen LogP contribution is -2.43. The second kappa shape index (κ2) is 7.21. The molecule has 5 nitrogen and oxygen atoms in total. The van der Waals surface area contributed by atoms with Crippen molar-refractivity contribution in [2.24, 2.45) is 5.73 Å². The number of alkyl halides is 2. The molecule has 0 spiro atoms. The fourth-order valence-electron chi connectivity index (χ4n) is 2.66. The van der Waals surface area contributed by atoms with Crippen LogP contribution in [0.4, 0.5) is 8.78 Å². The van der Waals surface area contributed by atoms with Gasteiger partial charge in [-0.3, -0.25) is 9.59 Å². The van der Waals surface area contributed by atoms with Gasteiger partial charge in [0, 0.05) is 18.2 Å². The minimum absolute atomic E-state index is 0.00285. The van der Waals surface area contributed by atoms with Crippen LogP contribution in [0.25, 0.3) is 5.57 Å². The summed E-state index contributed by atoms with van der Waals surface area (Å²) in [6, 6.07) is 5.62. The zero-order valence-electron chi connectivity index (χ0n) is 12.7. The number of ether oxygens (including phenoxy) is 1. The average Bonchev–Trinajstić information content (AvgIpc) is 2.96. The van der Waals surface area contributed by atoms with Crippen molar-refractivity contribution in [3.63, 3.8) is 0 Å². The number of rotatable bonds is 5. The molecular formula is C16H18F2N2O3. The highest BCUT2D eigenvalue weighted by Gasteiger charge is 2.31. The van der Waals surface area contributed by atoms with Gasteiger partial charge in [0.2, 0.25) is 11.8 Å². The number of benzene rings is 1. The van der Waals surface area contributed by atoms with Gasteiger partial charge in [-0.15, -0.1) is 0 Å². The lowest BCUT2D eigenvalue weighted by molar-refractivity contribution is -0.133.